The normalized spacial score (nSPS) is 11.6. The van der Waals surface area contributed by atoms with Gasteiger partial charge in [-0.1, -0.05) is 50.0 Å². The summed E-state index contributed by atoms with van der Waals surface area (Å²) in [6.45, 7) is 8.68. The zero-order chi connectivity index (χ0) is 25.7. The summed E-state index contributed by atoms with van der Waals surface area (Å²) in [7, 11) is -1.19. The van der Waals surface area contributed by atoms with Crippen LogP contribution >= 0.6 is 0 Å². The lowest BCUT2D eigenvalue weighted by Gasteiger charge is -2.16. The third-order valence-electron chi connectivity index (χ3n) is 5.94. The van der Waals surface area contributed by atoms with Crippen LogP contribution in [-0.2, 0) is 18.1 Å². The average Bonchev–Trinajstić information content (AvgIpc) is 3.53. The first-order chi connectivity index (χ1) is 17.9. The lowest BCUT2D eigenvalue weighted by Crippen LogP contribution is -2.22. The largest absolute Gasteiger partial charge is 0.489 e. The lowest BCUT2D eigenvalue weighted by molar-refractivity contribution is 0.0906. The molecule has 0 atom stereocenters. The molecule has 190 valence electrons. The molecule has 2 N–H and O–H groups in total. The van der Waals surface area contributed by atoms with E-state index in [4.69, 9.17) is 19.4 Å². The fourth-order valence-electron chi connectivity index (χ4n) is 3.86. The average molecular weight is 513 g/mol. The Kier molecular flexibility index (Phi) is 7.34. The van der Waals surface area contributed by atoms with E-state index >= 15 is 0 Å². The number of rotatable bonds is 11. The molecule has 0 aliphatic rings. The Balaban J connectivity index is 1.40. The number of pyridine rings is 1. The number of ether oxygens (including phenoxy) is 2. The molecular formula is C28H32N6O2Si. The fraction of sp³-hybridized carbons (Fsp3) is 0.250. The smallest absolute Gasteiger partial charge is 0.164 e. The summed E-state index contributed by atoms with van der Waals surface area (Å²) >= 11 is 0. The molecule has 0 bridgehead atoms. The molecule has 0 aliphatic carbocycles. The van der Waals surface area contributed by atoms with Crippen LogP contribution in [0.5, 0.6) is 5.75 Å². The van der Waals surface area contributed by atoms with Gasteiger partial charge in [-0.05, 0) is 48.0 Å². The van der Waals surface area contributed by atoms with E-state index in [1.54, 1.807) is 12.4 Å². The van der Waals surface area contributed by atoms with E-state index in [-0.39, 0.29) is 0 Å². The van der Waals surface area contributed by atoms with E-state index in [0.29, 0.717) is 25.8 Å². The van der Waals surface area contributed by atoms with Crippen LogP contribution in [0.3, 0.4) is 0 Å². The highest BCUT2D eigenvalue weighted by Gasteiger charge is 2.17. The van der Waals surface area contributed by atoms with Crippen molar-refractivity contribution < 1.29 is 9.47 Å². The molecule has 2 aromatic carbocycles. The van der Waals surface area contributed by atoms with Crippen LogP contribution in [0, 0.1) is 0 Å². The van der Waals surface area contributed by atoms with Crippen molar-refractivity contribution in [3.63, 3.8) is 0 Å². The molecule has 5 rings (SSSR count). The second-order valence-electron chi connectivity index (χ2n) is 10.2. The Bertz CT molecular complexity index is 1430. The van der Waals surface area contributed by atoms with Gasteiger partial charge >= 0.3 is 0 Å². The Morgan fingerprint density at radius 3 is 2.49 bits per heavy atom. The van der Waals surface area contributed by atoms with Crippen molar-refractivity contribution in [1.29, 1.82) is 0 Å². The van der Waals surface area contributed by atoms with Crippen LogP contribution in [0.4, 0.5) is 11.5 Å². The van der Waals surface area contributed by atoms with Crippen molar-refractivity contribution in [2.24, 2.45) is 0 Å². The molecule has 5 aromatic rings. The van der Waals surface area contributed by atoms with E-state index in [0.717, 1.165) is 45.6 Å². The molecule has 8 nitrogen and oxygen atoms in total. The second kappa shape index (κ2) is 11.0. The number of fused-ring (bicyclic) bond motifs is 1. The number of nitrogens with one attached hydrogen (secondary N) is 2. The van der Waals surface area contributed by atoms with E-state index in [1.165, 1.54) is 0 Å². The Morgan fingerprint density at radius 2 is 1.76 bits per heavy atom. The van der Waals surface area contributed by atoms with Crippen molar-refractivity contribution >= 4 is 30.7 Å². The molecule has 3 heterocycles. The number of hydrogen-bond acceptors (Lipinski definition) is 6. The summed E-state index contributed by atoms with van der Waals surface area (Å²) in [5, 5.41) is 10.1. The molecule has 0 radical (unpaired) electrons. The fourth-order valence-corrected chi connectivity index (χ4v) is 4.61. The number of benzene rings is 2. The third-order valence-corrected chi connectivity index (χ3v) is 7.64. The summed E-state index contributed by atoms with van der Waals surface area (Å²) in [5.74, 6) is 2.34. The van der Waals surface area contributed by atoms with Gasteiger partial charge in [0.2, 0.25) is 0 Å². The van der Waals surface area contributed by atoms with Gasteiger partial charge in [0.25, 0.3) is 0 Å². The maximum atomic E-state index is 6.14. The number of H-pyrrole nitrogens is 1. The monoisotopic (exact) mass is 512 g/mol. The van der Waals surface area contributed by atoms with E-state index in [1.807, 2.05) is 59.2 Å². The van der Waals surface area contributed by atoms with E-state index in [2.05, 4.69) is 47.3 Å². The van der Waals surface area contributed by atoms with Crippen molar-refractivity contribution in [2.45, 2.75) is 39.0 Å². The molecule has 3 aromatic heterocycles. The van der Waals surface area contributed by atoms with E-state index < -0.39 is 8.07 Å². The molecule has 9 heteroatoms. The standard InChI is InChI=1S/C28H32N6O2Si/c1-37(2,3)16-15-35-20-34-27(22-9-11-24(12-10-22)36-19-21-7-5-4-6-8-21)32-25-13-14-26(33-28(25)34)31-23-17-29-30-18-23/h4-14,17-18H,15-16,19-20H2,1-3H3,(H,29,30)(H,31,33). The zero-order valence-corrected chi connectivity index (χ0v) is 22.4. The van der Waals surface area contributed by atoms with E-state index in [9.17, 15) is 0 Å². The van der Waals surface area contributed by atoms with Gasteiger partial charge in [0.1, 0.15) is 36.2 Å². The molecule has 0 fully saturated rings. The van der Waals surface area contributed by atoms with Gasteiger partial charge in [0.15, 0.2) is 5.65 Å². The quantitative estimate of drug-likeness (QED) is 0.156. The zero-order valence-electron chi connectivity index (χ0n) is 21.4. The minimum absolute atomic E-state index is 0.380. The van der Waals surface area contributed by atoms with Crippen molar-refractivity contribution in [1.82, 2.24) is 24.7 Å². The van der Waals surface area contributed by atoms with Gasteiger partial charge in [-0.25, -0.2) is 9.97 Å². The third kappa shape index (κ3) is 6.44. The van der Waals surface area contributed by atoms with Crippen LogP contribution in [-0.4, -0.2) is 39.4 Å². The highest BCUT2D eigenvalue weighted by Crippen LogP contribution is 2.28. The molecule has 0 spiro atoms. The first-order valence-corrected chi connectivity index (χ1v) is 16.1. The van der Waals surface area contributed by atoms with Gasteiger partial charge in [0, 0.05) is 26.4 Å². The van der Waals surface area contributed by atoms with Crippen LogP contribution in [0.25, 0.3) is 22.6 Å². The first kappa shape index (κ1) is 24.7. The number of aromatic nitrogens is 5. The lowest BCUT2D eigenvalue weighted by atomic mass is 10.2. The maximum Gasteiger partial charge on any atom is 0.164 e. The van der Waals surface area contributed by atoms with Crippen LogP contribution in [0.15, 0.2) is 79.1 Å². The summed E-state index contributed by atoms with van der Waals surface area (Å²) in [6.07, 6.45) is 3.51. The van der Waals surface area contributed by atoms with Crippen LogP contribution in [0.1, 0.15) is 5.56 Å². The highest BCUT2D eigenvalue weighted by molar-refractivity contribution is 6.76. The molecular weight excluding hydrogens is 480 g/mol. The maximum absolute atomic E-state index is 6.14. The Labute approximate surface area is 217 Å². The molecule has 37 heavy (non-hydrogen) atoms. The Hall–Kier alpha value is -3.95. The van der Waals surface area contributed by atoms with Crippen molar-refractivity contribution in [3.05, 3.63) is 84.7 Å². The number of anilines is 2. The number of hydrogen-bond donors (Lipinski definition) is 2. The topological polar surface area (TPSA) is 89.9 Å². The summed E-state index contributed by atoms with van der Waals surface area (Å²) in [6, 6.07) is 23.2. The predicted octanol–water partition coefficient (Wildman–Crippen LogP) is 6.46. The minimum Gasteiger partial charge on any atom is -0.489 e. The summed E-state index contributed by atoms with van der Waals surface area (Å²) in [5.41, 5.74) is 4.53. The van der Waals surface area contributed by atoms with Gasteiger partial charge in [0.05, 0.1) is 11.9 Å². The van der Waals surface area contributed by atoms with Crippen molar-refractivity contribution in [2.75, 3.05) is 11.9 Å². The SMILES string of the molecule is C[Si](C)(C)CCOCn1c(-c2ccc(OCc3ccccc3)cc2)nc2ccc(Nc3cn[nH]c3)nc21. The van der Waals surface area contributed by atoms with Crippen LogP contribution in [0.2, 0.25) is 25.7 Å². The van der Waals surface area contributed by atoms with Gasteiger partial charge in [-0.2, -0.15) is 5.10 Å². The molecule has 0 saturated carbocycles. The van der Waals surface area contributed by atoms with Gasteiger partial charge < -0.3 is 14.8 Å². The summed E-state index contributed by atoms with van der Waals surface area (Å²) < 4.78 is 14.2. The first-order valence-electron chi connectivity index (χ1n) is 12.4. The predicted molar refractivity (Wildman–Crippen MR) is 150 cm³/mol. The van der Waals surface area contributed by atoms with Gasteiger partial charge in [-0.15, -0.1) is 0 Å². The van der Waals surface area contributed by atoms with Crippen molar-refractivity contribution in [3.8, 4) is 17.1 Å². The number of aromatic amines is 1. The Morgan fingerprint density at radius 1 is 0.946 bits per heavy atom. The van der Waals surface area contributed by atoms with Crippen LogP contribution < -0.4 is 10.1 Å². The molecule has 0 aliphatic heterocycles. The minimum atomic E-state index is -1.19. The molecule has 0 amide bonds. The molecule has 0 saturated heterocycles. The summed E-state index contributed by atoms with van der Waals surface area (Å²) in [4.78, 5) is 9.77. The number of imidazole rings is 1. The highest BCUT2D eigenvalue weighted by atomic mass is 28.3. The second-order valence-corrected chi connectivity index (χ2v) is 15.8. The number of nitrogens with zero attached hydrogens (tertiary/aromatic N) is 4. The van der Waals surface area contributed by atoms with Gasteiger partial charge in [-0.3, -0.25) is 9.67 Å². The molecule has 0 unspecified atom stereocenters.